The van der Waals surface area contributed by atoms with Crippen LogP contribution in [0.2, 0.25) is 5.02 Å². The van der Waals surface area contributed by atoms with Crippen LogP contribution in [0.25, 0.3) is 0 Å². The molecule has 2 heterocycles. The van der Waals surface area contributed by atoms with Crippen molar-refractivity contribution in [3.8, 4) is 0 Å². The zero-order chi connectivity index (χ0) is 14.7. The predicted octanol–water partition coefficient (Wildman–Crippen LogP) is 2.98. The number of nitrogens with one attached hydrogen (secondary N) is 1. The van der Waals surface area contributed by atoms with Crippen molar-refractivity contribution in [1.29, 1.82) is 0 Å². The van der Waals surface area contributed by atoms with E-state index in [-0.39, 0.29) is 5.91 Å². The maximum absolute atomic E-state index is 12.1. The van der Waals surface area contributed by atoms with Crippen LogP contribution in [0.15, 0.2) is 36.4 Å². The number of carbonyl (C=O) groups excluding carboxylic acids is 1. The van der Waals surface area contributed by atoms with Gasteiger partial charge in [-0.25, -0.2) is 0 Å². The van der Waals surface area contributed by atoms with Crippen molar-refractivity contribution in [2.75, 3.05) is 23.3 Å². The summed E-state index contributed by atoms with van der Waals surface area (Å²) in [6.07, 6.45) is 2.37. The first kappa shape index (κ1) is 13.8. The minimum atomic E-state index is -0.288. The highest BCUT2D eigenvalue weighted by atomic mass is 35.5. The molecule has 1 amide bonds. The minimum Gasteiger partial charge on any atom is -0.355 e. The van der Waals surface area contributed by atoms with Gasteiger partial charge in [-0.1, -0.05) is 23.7 Å². The Bertz CT molecular complexity index is 638. The fourth-order valence-electron chi connectivity index (χ4n) is 2.34. The number of nitrogens with zero attached hydrogens (tertiary/aromatic N) is 3. The lowest BCUT2D eigenvalue weighted by Gasteiger charge is -2.15. The molecular weight excluding hydrogens is 288 g/mol. The van der Waals surface area contributed by atoms with Gasteiger partial charge in [0.25, 0.3) is 5.91 Å². The Kier molecular flexibility index (Phi) is 4.01. The Morgan fingerprint density at radius 3 is 2.52 bits per heavy atom. The summed E-state index contributed by atoms with van der Waals surface area (Å²) in [6.45, 7) is 2.03. The lowest BCUT2D eigenvalue weighted by atomic mass is 10.2. The molecule has 1 fully saturated rings. The third-order valence-electron chi connectivity index (χ3n) is 3.44. The maximum atomic E-state index is 12.1. The van der Waals surface area contributed by atoms with E-state index in [1.165, 1.54) is 12.8 Å². The number of carbonyl (C=O) groups is 1. The molecule has 0 bridgehead atoms. The van der Waals surface area contributed by atoms with Crippen molar-refractivity contribution in [2.45, 2.75) is 12.8 Å². The van der Waals surface area contributed by atoms with Crippen molar-refractivity contribution in [3.05, 3.63) is 47.0 Å². The van der Waals surface area contributed by atoms with Gasteiger partial charge in [0, 0.05) is 13.1 Å². The zero-order valence-corrected chi connectivity index (χ0v) is 12.2. The molecule has 0 saturated carbocycles. The molecule has 2 aromatic rings. The molecule has 6 heteroatoms. The summed E-state index contributed by atoms with van der Waals surface area (Å²) in [6, 6.07) is 10.5. The van der Waals surface area contributed by atoms with Crippen LogP contribution in [0, 0.1) is 0 Å². The van der Waals surface area contributed by atoms with Crippen LogP contribution in [0.5, 0.6) is 0 Å². The maximum Gasteiger partial charge on any atom is 0.258 e. The van der Waals surface area contributed by atoms with Gasteiger partial charge < -0.3 is 10.2 Å². The number of benzene rings is 1. The average molecular weight is 303 g/mol. The summed E-state index contributed by atoms with van der Waals surface area (Å²) in [5.41, 5.74) is 0.421. The highest BCUT2D eigenvalue weighted by Gasteiger charge is 2.15. The predicted molar refractivity (Wildman–Crippen MR) is 82.9 cm³/mol. The lowest BCUT2D eigenvalue weighted by molar-refractivity contribution is 0.102. The first-order valence-corrected chi connectivity index (χ1v) is 7.26. The second-order valence-corrected chi connectivity index (χ2v) is 5.31. The smallest absolute Gasteiger partial charge is 0.258 e. The summed E-state index contributed by atoms with van der Waals surface area (Å²) in [7, 11) is 0. The SMILES string of the molecule is O=C(Nc1ccc(N2CCCC2)nn1)c1ccccc1Cl. The topological polar surface area (TPSA) is 58.1 Å². The monoisotopic (exact) mass is 302 g/mol. The second kappa shape index (κ2) is 6.10. The Labute approximate surface area is 127 Å². The molecule has 0 atom stereocenters. The van der Waals surface area contributed by atoms with Crippen molar-refractivity contribution in [3.63, 3.8) is 0 Å². The summed E-state index contributed by atoms with van der Waals surface area (Å²) in [5.74, 6) is 0.981. The van der Waals surface area contributed by atoms with E-state index in [2.05, 4.69) is 20.4 Å². The quantitative estimate of drug-likeness (QED) is 0.947. The van der Waals surface area contributed by atoms with Crippen LogP contribution in [0.1, 0.15) is 23.2 Å². The van der Waals surface area contributed by atoms with Crippen molar-refractivity contribution in [2.24, 2.45) is 0 Å². The molecule has 1 aliphatic rings. The Morgan fingerprint density at radius 1 is 1.10 bits per heavy atom. The van der Waals surface area contributed by atoms with Gasteiger partial charge >= 0.3 is 0 Å². The van der Waals surface area contributed by atoms with Gasteiger partial charge in [-0.2, -0.15) is 0 Å². The van der Waals surface area contributed by atoms with E-state index in [9.17, 15) is 4.79 Å². The zero-order valence-electron chi connectivity index (χ0n) is 11.4. The van der Waals surface area contributed by atoms with E-state index in [1.807, 2.05) is 6.07 Å². The first-order valence-electron chi connectivity index (χ1n) is 6.88. The highest BCUT2D eigenvalue weighted by Crippen LogP contribution is 2.19. The molecule has 21 heavy (non-hydrogen) atoms. The average Bonchev–Trinajstić information content (AvgIpc) is 3.02. The summed E-state index contributed by atoms with van der Waals surface area (Å²) in [4.78, 5) is 14.3. The Balaban J connectivity index is 1.70. The van der Waals surface area contributed by atoms with E-state index in [0.717, 1.165) is 18.9 Å². The number of aromatic nitrogens is 2. The minimum absolute atomic E-state index is 0.288. The fourth-order valence-corrected chi connectivity index (χ4v) is 2.56. The highest BCUT2D eigenvalue weighted by molar-refractivity contribution is 6.34. The molecule has 1 saturated heterocycles. The number of halogens is 1. The molecule has 1 N–H and O–H groups in total. The van der Waals surface area contributed by atoms with E-state index >= 15 is 0 Å². The van der Waals surface area contributed by atoms with Crippen molar-refractivity contribution >= 4 is 29.1 Å². The van der Waals surface area contributed by atoms with E-state index in [0.29, 0.717) is 16.4 Å². The molecule has 108 valence electrons. The third-order valence-corrected chi connectivity index (χ3v) is 3.77. The van der Waals surface area contributed by atoms with Gasteiger partial charge in [-0.15, -0.1) is 10.2 Å². The summed E-state index contributed by atoms with van der Waals surface area (Å²) < 4.78 is 0. The van der Waals surface area contributed by atoms with E-state index < -0.39 is 0 Å². The van der Waals surface area contributed by atoms with Gasteiger partial charge in [-0.05, 0) is 37.1 Å². The van der Waals surface area contributed by atoms with Crippen molar-refractivity contribution in [1.82, 2.24) is 10.2 Å². The standard InChI is InChI=1S/C15H15ClN4O/c16-12-6-2-1-5-11(12)15(21)17-13-7-8-14(19-18-13)20-9-3-4-10-20/h1-2,5-8H,3-4,9-10H2,(H,17,18,21). The van der Waals surface area contributed by atoms with Crippen molar-refractivity contribution < 1.29 is 4.79 Å². The molecule has 0 radical (unpaired) electrons. The molecule has 3 rings (SSSR count). The number of hydrogen-bond donors (Lipinski definition) is 1. The van der Waals surface area contributed by atoms with Crippen LogP contribution in [-0.2, 0) is 0 Å². The first-order chi connectivity index (χ1) is 10.2. The molecule has 0 unspecified atom stereocenters. The normalized spacial score (nSPS) is 14.2. The van der Waals surface area contributed by atoms with E-state index in [1.54, 1.807) is 30.3 Å². The summed E-state index contributed by atoms with van der Waals surface area (Å²) >= 11 is 5.99. The van der Waals surface area contributed by atoms with Gasteiger partial charge in [-0.3, -0.25) is 4.79 Å². The number of amides is 1. The van der Waals surface area contributed by atoms with E-state index in [4.69, 9.17) is 11.6 Å². The van der Waals surface area contributed by atoms with Crippen LogP contribution >= 0.6 is 11.6 Å². The van der Waals surface area contributed by atoms with Gasteiger partial charge in [0.05, 0.1) is 10.6 Å². The molecular formula is C15H15ClN4O. The van der Waals surface area contributed by atoms with Gasteiger partial charge in [0.2, 0.25) is 0 Å². The van der Waals surface area contributed by atoms with Crippen LogP contribution in [0.4, 0.5) is 11.6 Å². The molecule has 1 aromatic carbocycles. The molecule has 0 spiro atoms. The number of rotatable bonds is 3. The fraction of sp³-hybridized carbons (Fsp3) is 0.267. The molecule has 5 nitrogen and oxygen atoms in total. The van der Waals surface area contributed by atoms with Crippen LogP contribution in [-0.4, -0.2) is 29.2 Å². The van der Waals surface area contributed by atoms with Gasteiger partial charge in [0.15, 0.2) is 11.6 Å². The largest absolute Gasteiger partial charge is 0.355 e. The van der Waals surface area contributed by atoms with Gasteiger partial charge in [0.1, 0.15) is 0 Å². The third kappa shape index (κ3) is 3.13. The summed E-state index contributed by atoms with van der Waals surface area (Å²) in [5, 5.41) is 11.3. The number of hydrogen-bond acceptors (Lipinski definition) is 4. The molecule has 1 aliphatic heterocycles. The second-order valence-electron chi connectivity index (χ2n) is 4.90. The lowest BCUT2D eigenvalue weighted by Crippen LogP contribution is -2.20. The number of anilines is 2. The van der Waals surface area contributed by atoms with Crippen LogP contribution in [0.3, 0.4) is 0 Å². The van der Waals surface area contributed by atoms with Crippen LogP contribution < -0.4 is 10.2 Å². The molecule has 1 aromatic heterocycles. The Morgan fingerprint density at radius 2 is 1.86 bits per heavy atom. The molecule has 0 aliphatic carbocycles. The Hall–Kier alpha value is -2.14.